The third kappa shape index (κ3) is 7.12. The van der Waals surface area contributed by atoms with E-state index < -0.39 is 31.2 Å². The quantitative estimate of drug-likeness (QED) is 0.205. The van der Waals surface area contributed by atoms with Crippen LogP contribution in [0.2, 0.25) is 18.1 Å². The molecule has 1 aromatic carbocycles. The molecule has 1 heterocycles. The average Bonchev–Trinajstić information content (AvgIpc) is 3.19. The number of carbonyl (C=O) groups excluding carboxylic acids is 1. The van der Waals surface area contributed by atoms with Crippen LogP contribution in [0.3, 0.4) is 0 Å². The van der Waals surface area contributed by atoms with Crippen LogP contribution in [0.1, 0.15) is 85.8 Å². The minimum absolute atomic E-state index is 0.0216. The Morgan fingerprint density at radius 2 is 1.68 bits per heavy atom. The van der Waals surface area contributed by atoms with Crippen molar-refractivity contribution in [2.24, 2.45) is 5.41 Å². The maximum absolute atomic E-state index is 13.1. The van der Waals surface area contributed by atoms with Crippen molar-refractivity contribution in [3.05, 3.63) is 34.4 Å². The summed E-state index contributed by atoms with van der Waals surface area (Å²) in [7, 11) is -0.490. The Morgan fingerprint density at radius 1 is 1.07 bits per heavy atom. The predicted octanol–water partition coefficient (Wildman–Crippen LogP) is 6.88. The molecule has 40 heavy (non-hydrogen) atoms. The number of aliphatic hydroxyl groups excluding tert-OH is 1. The topological polar surface area (TPSA) is 83.5 Å². The van der Waals surface area contributed by atoms with Crippen molar-refractivity contribution >= 4 is 14.3 Å². The Kier molecular flexibility index (Phi) is 9.32. The number of hydrogen-bond acceptors (Lipinski definition) is 7. The molecule has 0 bridgehead atoms. The number of methoxy groups -OCH3 is 1. The lowest BCUT2D eigenvalue weighted by molar-refractivity contribution is -0.186. The first-order valence-electron chi connectivity index (χ1n) is 14.5. The average molecular weight is 577 g/mol. The summed E-state index contributed by atoms with van der Waals surface area (Å²) in [5.74, 6) is 0.318. The van der Waals surface area contributed by atoms with E-state index in [4.69, 9.17) is 23.4 Å². The van der Waals surface area contributed by atoms with Crippen LogP contribution in [-0.2, 0) is 25.4 Å². The van der Waals surface area contributed by atoms with Gasteiger partial charge in [0, 0.05) is 30.2 Å². The molecule has 1 saturated heterocycles. The summed E-state index contributed by atoms with van der Waals surface area (Å²) in [6, 6.07) is 4.04. The van der Waals surface area contributed by atoms with Gasteiger partial charge >= 0.3 is 5.97 Å². The van der Waals surface area contributed by atoms with Crippen molar-refractivity contribution in [3.8, 4) is 11.5 Å². The van der Waals surface area contributed by atoms with E-state index in [0.29, 0.717) is 38.2 Å². The van der Waals surface area contributed by atoms with E-state index in [1.807, 2.05) is 53.7 Å². The molecule has 0 aromatic heterocycles. The monoisotopic (exact) mass is 576 g/mol. The number of aryl methyl sites for hydroxylation is 1. The van der Waals surface area contributed by atoms with Crippen LogP contribution in [0.15, 0.2) is 23.3 Å². The van der Waals surface area contributed by atoms with Crippen LogP contribution in [0, 0.1) is 12.3 Å². The normalized spacial score (nSPS) is 22.4. The zero-order valence-corrected chi connectivity index (χ0v) is 27.9. The highest BCUT2D eigenvalue weighted by atomic mass is 28.4. The summed E-state index contributed by atoms with van der Waals surface area (Å²) in [5, 5.41) is 11.9. The van der Waals surface area contributed by atoms with Gasteiger partial charge in [0.1, 0.15) is 11.4 Å². The van der Waals surface area contributed by atoms with Gasteiger partial charge < -0.3 is 28.5 Å². The van der Waals surface area contributed by atoms with E-state index in [0.717, 1.165) is 28.0 Å². The SMILES string of the molecule is COc1c(C[C@H](O)C2=C(C)CC3(C[C@@]2(C)CC(=O)OC(C)(C)C)OCCO3)ccc(C)c1O[Si](C)(C)C(C)(C)C. The van der Waals surface area contributed by atoms with E-state index in [9.17, 15) is 9.90 Å². The molecule has 1 spiro atoms. The highest BCUT2D eigenvalue weighted by molar-refractivity contribution is 6.74. The lowest BCUT2D eigenvalue weighted by Crippen LogP contribution is -2.46. The summed E-state index contributed by atoms with van der Waals surface area (Å²) < 4.78 is 30.6. The van der Waals surface area contributed by atoms with Crippen molar-refractivity contribution in [1.29, 1.82) is 0 Å². The molecule has 0 radical (unpaired) electrons. The first-order valence-corrected chi connectivity index (χ1v) is 17.4. The van der Waals surface area contributed by atoms with Crippen LogP contribution < -0.4 is 9.16 Å². The molecule has 0 unspecified atom stereocenters. The van der Waals surface area contributed by atoms with Crippen LogP contribution in [0.5, 0.6) is 11.5 Å². The number of esters is 1. The van der Waals surface area contributed by atoms with E-state index in [2.05, 4.69) is 33.9 Å². The molecule has 0 saturated carbocycles. The summed E-state index contributed by atoms with van der Waals surface area (Å²) in [4.78, 5) is 13.1. The fourth-order valence-corrected chi connectivity index (χ4v) is 7.01. The van der Waals surface area contributed by atoms with Crippen molar-refractivity contribution in [3.63, 3.8) is 0 Å². The van der Waals surface area contributed by atoms with Gasteiger partial charge in [-0.1, -0.05) is 45.4 Å². The maximum Gasteiger partial charge on any atom is 0.307 e. The molecule has 3 rings (SSSR count). The summed E-state index contributed by atoms with van der Waals surface area (Å²) >= 11 is 0. The highest BCUT2D eigenvalue weighted by Crippen LogP contribution is 2.52. The number of rotatable bonds is 8. The van der Waals surface area contributed by atoms with Crippen LogP contribution in [0.4, 0.5) is 0 Å². The molecule has 0 amide bonds. The summed E-state index contributed by atoms with van der Waals surface area (Å²) in [6.07, 6.45) is 0.612. The second kappa shape index (κ2) is 11.4. The van der Waals surface area contributed by atoms with Gasteiger partial charge in [0.15, 0.2) is 11.5 Å². The molecule has 1 N–H and O–H groups in total. The number of aliphatic hydroxyl groups is 1. The van der Waals surface area contributed by atoms with Crippen LogP contribution >= 0.6 is 0 Å². The second-order valence-electron chi connectivity index (χ2n) is 14.5. The fraction of sp³-hybridized carbons (Fsp3) is 0.719. The van der Waals surface area contributed by atoms with E-state index in [1.165, 1.54) is 0 Å². The first kappa shape index (κ1) is 32.6. The Morgan fingerprint density at radius 3 is 2.20 bits per heavy atom. The standard InChI is InChI=1S/C32H52O7Si/c1-21-13-14-23(28(35-10)27(21)39-40(11,12)30(6,7)8)17-24(33)26-22(2)18-32(36-15-16-37-32)20-31(26,9)19-25(34)38-29(3,4)5/h13-14,24,33H,15-20H2,1-12H3/t24-,31+/m0/s1. The van der Waals surface area contributed by atoms with Gasteiger partial charge in [-0.15, -0.1) is 0 Å². The summed E-state index contributed by atoms with van der Waals surface area (Å²) in [6.45, 7) is 23.8. The van der Waals surface area contributed by atoms with Crippen molar-refractivity contribution in [1.82, 2.24) is 0 Å². The van der Waals surface area contributed by atoms with E-state index >= 15 is 0 Å². The smallest absolute Gasteiger partial charge is 0.307 e. The van der Waals surface area contributed by atoms with Crippen molar-refractivity contribution in [2.75, 3.05) is 20.3 Å². The molecule has 1 aliphatic heterocycles. The third-order valence-corrected chi connectivity index (χ3v) is 12.9. The molecule has 8 heteroatoms. The molecular weight excluding hydrogens is 524 g/mol. The number of hydrogen-bond donors (Lipinski definition) is 1. The number of carbonyl (C=O) groups is 1. The molecule has 2 aliphatic rings. The number of ether oxygens (including phenoxy) is 4. The zero-order valence-electron chi connectivity index (χ0n) is 26.9. The van der Waals surface area contributed by atoms with Crippen molar-refractivity contribution < 1.29 is 33.3 Å². The van der Waals surface area contributed by atoms with Gasteiger partial charge in [-0.25, -0.2) is 0 Å². The van der Waals surface area contributed by atoms with Gasteiger partial charge in [0.25, 0.3) is 8.32 Å². The first-order chi connectivity index (χ1) is 18.2. The van der Waals surface area contributed by atoms with Gasteiger partial charge in [0.05, 0.1) is 32.8 Å². The summed E-state index contributed by atoms with van der Waals surface area (Å²) in [5.41, 5.74) is 2.37. The van der Waals surface area contributed by atoms with E-state index in [-0.39, 0.29) is 17.4 Å². The minimum Gasteiger partial charge on any atom is -0.541 e. The van der Waals surface area contributed by atoms with Crippen molar-refractivity contribution in [2.45, 2.75) is 124 Å². The molecule has 1 aromatic rings. The lowest BCUT2D eigenvalue weighted by Gasteiger charge is -2.46. The molecular formula is C32H52O7Si. The molecule has 1 fully saturated rings. The molecule has 226 valence electrons. The molecule has 1 aliphatic carbocycles. The van der Waals surface area contributed by atoms with Crippen LogP contribution in [0.25, 0.3) is 0 Å². The second-order valence-corrected chi connectivity index (χ2v) is 19.2. The minimum atomic E-state index is -2.14. The van der Waals surface area contributed by atoms with Gasteiger partial charge in [-0.2, -0.15) is 0 Å². The largest absolute Gasteiger partial charge is 0.541 e. The third-order valence-electron chi connectivity index (χ3n) is 8.58. The Bertz CT molecular complexity index is 1120. The predicted molar refractivity (Wildman–Crippen MR) is 160 cm³/mol. The van der Waals surface area contributed by atoms with Crippen LogP contribution in [-0.4, -0.2) is 57.2 Å². The van der Waals surface area contributed by atoms with Gasteiger partial charge in [-0.3, -0.25) is 4.79 Å². The molecule has 2 atom stereocenters. The van der Waals surface area contributed by atoms with Gasteiger partial charge in [-0.05, 0) is 63.9 Å². The highest BCUT2D eigenvalue weighted by Gasteiger charge is 2.52. The maximum atomic E-state index is 13.1. The fourth-order valence-electron chi connectivity index (χ4n) is 5.94. The number of benzene rings is 1. The molecule has 7 nitrogen and oxygen atoms in total. The Hall–Kier alpha value is -1.87. The lowest BCUT2D eigenvalue weighted by atomic mass is 9.64. The van der Waals surface area contributed by atoms with E-state index in [1.54, 1.807) is 7.11 Å². The zero-order chi connectivity index (χ0) is 30.3. The Balaban J connectivity index is 2.00. The van der Waals surface area contributed by atoms with Gasteiger partial charge in [0.2, 0.25) is 0 Å². The Labute approximate surface area is 242 Å².